The molecule has 0 saturated heterocycles. The largest absolute Gasteiger partial charge is 0.324 e. The molecule has 0 fully saturated rings. The van der Waals surface area contributed by atoms with Crippen molar-refractivity contribution >= 4 is 0 Å². The lowest BCUT2D eigenvalue weighted by Gasteiger charge is -2.12. The molecule has 0 aliphatic carbocycles. The molecule has 1 aromatic carbocycles. The lowest BCUT2D eigenvalue weighted by molar-refractivity contribution is 0.566. The summed E-state index contributed by atoms with van der Waals surface area (Å²) in [5.41, 5.74) is 7.50. The van der Waals surface area contributed by atoms with Crippen LogP contribution in [0.5, 0.6) is 0 Å². The van der Waals surface area contributed by atoms with Gasteiger partial charge in [0.15, 0.2) is 0 Å². The molecule has 2 heteroatoms. The second kappa shape index (κ2) is 4.91. The summed E-state index contributed by atoms with van der Waals surface area (Å²) in [5.74, 6) is -0.216. The lowest BCUT2D eigenvalue weighted by Crippen LogP contribution is -2.11. The third-order valence-corrected chi connectivity index (χ3v) is 2.23. The molecule has 0 unspecified atom stereocenters. The molecule has 1 rings (SSSR count). The first-order chi connectivity index (χ1) is 6.65. The zero-order valence-electron chi connectivity index (χ0n) is 8.46. The monoisotopic (exact) mass is 193 g/mol. The molecule has 0 aromatic heterocycles. The van der Waals surface area contributed by atoms with Crippen molar-refractivity contribution in [1.29, 1.82) is 0 Å². The Labute approximate surface area is 84.4 Å². The van der Waals surface area contributed by atoms with Gasteiger partial charge in [0.25, 0.3) is 0 Å². The van der Waals surface area contributed by atoms with Crippen LogP contribution in [0.2, 0.25) is 0 Å². The molecule has 1 nitrogen and oxygen atoms in total. The van der Waals surface area contributed by atoms with Gasteiger partial charge in [-0.3, -0.25) is 0 Å². The first-order valence-electron chi connectivity index (χ1n) is 4.77. The van der Waals surface area contributed by atoms with E-state index in [1.54, 1.807) is 12.1 Å². The number of benzene rings is 1. The van der Waals surface area contributed by atoms with E-state index < -0.39 is 0 Å². The van der Waals surface area contributed by atoms with E-state index in [-0.39, 0.29) is 11.9 Å². The van der Waals surface area contributed by atoms with Crippen molar-refractivity contribution < 1.29 is 4.39 Å². The van der Waals surface area contributed by atoms with Gasteiger partial charge in [0.05, 0.1) is 0 Å². The molecule has 14 heavy (non-hydrogen) atoms. The normalized spacial score (nSPS) is 12.5. The second-order valence-corrected chi connectivity index (χ2v) is 3.50. The summed E-state index contributed by atoms with van der Waals surface area (Å²) in [6.07, 6.45) is 3.35. The molecule has 0 bridgehead atoms. The molecule has 76 valence electrons. The molecular formula is C12H16FN. The summed E-state index contributed by atoms with van der Waals surface area (Å²) in [7, 11) is 0. The molecule has 0 radical (unpaired) electrons. The summed E-state index contributed by atoms with van der Waals surface area (Å²) >= 11 is 0. The summed E-state index contributed by atoms with van der Waals surface area (Å²) in [6, 6.07) is 4.80. The molecule has 2 N–H and O–H groups in total. The van der Waals surface area contributed by atoms with E-state index in [2.05, 4.69) is 6.58 Å². The zero-order chi connectivity index (χ0) is 10.6. The predicted octanol–water partition coefficient (Wildman–Crippen LogP) is 3.10. The summed E-state index contributed by atoms with van der Waals surface area (Å²) < 4.78 is 13.3. The number of rotatable bonds is 4. The van der Waals surface area contributed by atoms with Gasteiger partial charge in [0.1, 0.15) is 5.82 Å². The second-order valence-electron chi connectivity index (χ2n) is 3.50. The van der Waals surface area contributed by atoms with Gasteiger partial charge in [-0.2, -0.15) is 0 Å². The van der Waals surface area contributed by atoms with E-state index in [1.165, 1.54) is 6.07 Å². The average Bonchev–Trinajstić information content (AvgIpc) is 2.18. The topological polar surface area (TPSA) is 26.0 Å². The Bertz CT molecular complexity index is 320. The van der Waals surface area contributed by atoms with Crippen LogP contribution in [-0.4, -0.2) is 0 Å². The SMILES string of the molecule is C=CCC[C@H](N)c1cc(C)ccc1F. The average molecular weight is 193 g/mol. The van der Waals surface area contributed by atoms with Crippen LogP contribution in [0.3, 0.4) is 0 Å². The number of hydrogen-bond acceptors (Lipinski definition) is 1. The standard InChI is InChI=1S/C12H16FN/c1-3-4-5-12(14)10-8-9(2)6-7-11(10)13/h3,6-8,12H,1,4-5,14H2,2H3/t12-/m0/s1. The van der Waals surface area contributed by atoms with Crippen LogP contribution in [0.25, 0.3) is 0 Å². The maximum atomic E-state index is 13.3. The van der Waals surface area contributed by atoms with Crippen LogP contribution in [0.4, 0.5) is 4.39 Å². The minimum absolute atomic E-state index is 0.216. The quantitative estimate of drug-likeness (QED) is 0.730. The molecule has 1 atom stereocenters. The van der Waals surface area contributed by atoms with Crippen LogP contribution in [0, 0.1) is 12.7 Å². The van der Waals surface area contributed by atoms with Crippen LogP contribution < -0.4 is 5.73 Å². The fraction of sp³-hybridized carbons (Fsp3) is 0.333. The van der Waals surface area contributed by atoms with Gasteiger partial charge in [0, 0.05) is 11.6 Å². The van der Waals surface area contributed by atoms with Crippen LogP contribution in [0.1, 0.15) is 30.0 Å². The maximum Gasteiger partial charge on any atom is 0.127 e. The Kier molecular flexibility index (Phi) is 3.84. The van der Waals surface area contributed by atoms with Crippen molar-refractivity contribution in [1.82, 2.24) is 0 Å². The van der Waals surface area contributed by atoms with Crippen LogP contribution in [-0.2, 0) is 0 Å². The van der Waals surface area contributed by atoms with Gasteiger partial charge in [0.2, 0.25) is 0 Å². The molecule has 0 aliphatic rings. The van der Waals surface area contributed by atoms with Crippen LogP contribution in [0.15, 0.2) is 30.9 Å². The Hall–Kier alpha value is -1.15. The number of allylic oxidation sites excluding steroid dienone is 1. The first-order valence-corrected chi connectivity index (χ1v) is 4.77. The van der Waals surface area contributed by atoms with Crippen LogP contribution >= 0.6 is 0 Å². The highest BCUT2D eigenvalue weighted by Crippen LogP contribution is 2.20. The van der Waals surface area contributed by atoms with Gasteiger partial charge in [-0.05, 0) is 25.8 Å². The molecule has 1 aromatic rings. The van der Waals surface area contributed by atoms with E-state index in [1.807, 2.05) is 13.0 Å². The van der Waals surface area contributed by atoms with Crippen molar-refractivity contribution in [3.8, 4) is 0 Å². The minimum Gasteiger partial charge on any atom is -0.324 e. The van der Waals surface area contributed by atoms with E-state index in [4.69, 9.17) is 5.73 Å². The highest BCUT2D eigenvalue weighted by Gasteiger charge is 2.10. The smallest absolute Gasteiger partial charge is 0.127 e. The molecule has 0 spiro atoms. The Balaban J connectivity index is 2.82. The zero-order valence-corrected chi connectivity index (χ0v) is 8.46. The summed E-state index contributed by atoms with van der Waals surface area (Å²) in [4.78, 5) is 0. The Morgan fingerprint density at radius 1 is 1.57 bits per heavy atom. The number of nitrogens with two attached hydrogens (primary N) is 1. The van der Waals surface area contributed by atoms with E-state index in [0.717, 1.165) is 18.4 Å². The van der Waals surface area contributed by atoms with Crippen molar-refractivity contribution in [2.75, 3.05) is 0 Å². The fourth-order valence-corrected chi connectivity index (χ4v) is 1.40. The maximum absolute atomic E-state index is 13.3. The van der Waals surface area contributed by atoms with Gasteiger partial charge in [-0.1, -0.05) is 23.8 Å². The van der Waals surface area contributed by atoms with Gasteiger partial charge in [-0.25, -0.2) is 4.39 Å². The van der Waals surface area contributed by atoms with Crippen molar-refractivity contribution in [3.63, 3.8) is 0 Å². The first kappa shape index (κ1) is 10.9. The third kappa shape index (κ3) is 2.67. The lowest BCUT2D eigenvalue weighted by atomic mass is 10.0. The molecule has 0 aliphatic heterocycles. The summed E-state index contributed by atoms with van der Waals surface area (Å²) in [6.45, 7) is 5.55. The summed E-state index contributed by atoms with van der Waals surface area (Å²) in [5, 5.41) is 0. The highest BCUT2D eigenvalue weighted by atomic mass is 19.1. The van der Waals surface area contributed by atoms with Gasteiger partial charge in [-0.15, -0.1) is 6.58 Å². The van der Waals surface area contributed by atoms with Gasteiger partial charge >= 0.3 is 0 Å². The van der Waals surface area contributed by atoms with E-state index in [0.29, 0.717) is 5.56 Å². The van der Waals surface area contributed by atoms with Crippen molar-refractivity contribution in [2.45, 2.75) is 25.8 Å². The molecule has 0 heterocycles. The number of hydrogen-bond donors (Lipinski definition) is 1. The molecular weight excluding hydrogens is 177 g/mol. The van der Waals surface area contributed by atoms with E-state index in [9.17, 15) is 4.39 Å². The minimum atomic E-state index is -0.229. The predicted molar refractivity (Wildman–Crippen MR) is 57.5 cm³/mol. The third-order valence-electron chi connectivity index (χ3n) is 2.23. The van der Waals surface area contributed by atoms with Crippen molar-refractivity contribution in [3.05, 3.63) is 47.8 Å². The fourth-order valence-electron chi connectivity index (χ4n) is 1.40. The van der Waals surface area contributed by atoms with Crippen molar-refractivity contribution in [2.24, 2.45) is 5.73 Å². The number of aryl methyl sites for hydroxylation is 1. The Morgan fingerprint density at radius 2 is 2.29 bits per heavy atom. The highest BCUT2D eigenvalue weighted by molar-refractivity contribution is 5.26. The van der Waals surface area contributed by atoms with Gasteiger partial charge < -0.3 is 5.73 Å². The molecule has 0 amide bonds. The molecule has 0 saturated carbocycles. The number of halogens is 1. The van der Waals surface area contributed by atoms with E-state index >= 15 is 0 Å². The Morgan fingerprint density at radius 3 is 2.93 bits per heavy atom.